The Morgan fingerprint density at radius 1 is 1.36 bits per heavy atom. The van der Waals surface area contributed by atoms with Crippen LogP contribution in [0.3, 0.4) is 0 Å². The number of aliphatic hydroxyl groups excluding tert-OH is 1. The Balaban J connectivity index is 1.35. The summed E-state index contributed by atoms with van der Waals surface area (Å²) in [4.78, 5) is 12.0. The third-order valence-electron chi connectivity index (χ3n) is 4.30. The zero-order chi connectivity index (χ0) is 15.5. The standard InChI is InChI=1S/C17H22FNO3/c18-13-5-3-12(4-6-13)15-7-16(15)17(21)19-8-14(20)10-22-9-11-1-2-11/h3-6,11,14-16,20H,1-2,7-10H2,(H,19,21)/t14-,15+,16+/m0/s1. The van der Waals surface area contributed by atoms with E-state index in [1.54, 1.807) is 12.1 Å². The van der Waals surface area contributed by atoms with Gasteiger partial charge >= 0.3 is 0 Å². The van der Waals surface area contributed by atoms with Gasteiger partial charge in [0.1, 0.15) is 5.82 Å². The number of halogens is 1. The Kier molecular flexibility index (Phi) is 4.74. The lowest BCUT2D eigenvalue weighted by Crippen LogP contribution is -2.35. The van der Waals surface area contributed by atoms with Crippen LogP contribution in [0.25, 0.3) is 0 Å². The van der Waals surface area contributed by atoms with Crippen LogP contribution in [0.1, 0.15) is 30.7 Å². The number of hydrogen-bond acceptors (Lipinski definition) is 3. The zero-order valence-corrected chi connectivity index (χ0v) is 12.5. The maximum atomic E-state index is 12.9. The van der Waals surface area contributed by atoms with Gasteiger partial charge in [-0.15, -0.1) is 0 Å². The van der Waals surface area contributed by atoms with Gasteiger partial charge in [-0.05, 0) is 48.8 Å². The van der Waals surface area contributed by atoms with Gasteiger partial charge in [0.25, 0.3) is 0 Å². The first kappa shape index (κ1) is 15.4. The van der Waals surface area contributed by atoms with E-state index in [0.29, 0.717) is 12.5 Å². The quantitative estimate of drug-likeness (QED) is 0.770. The summed E-state index contributed by atoms with van der Waals surface area (Å²) in [6, 6.07) is 6.30. The fraction of sp³-hybridized carbons (Fsp3) is 0.588. The van der Waals surface area contributed by atoms with E-state index in [9.17, 15) is 14.3 Å². The molecule has 2 aliphatic rings. The van der Waals surface area contributed by atoms with Crippen LogP contribution in [-0.2, 0) is 9.53 Å². The van der Waals surface area contributed by atoms with E-state index in [2.05, 4.69) is 5.32 Å². The molecule has 1 aromatic rings. The third kappa shape index (κ3) is 4.27. The molecule has 1 aromatic carbocycles. The maximum Gasteiger partial charge on any atom is 0.223 e. The van der Waals surface area contributed by atoms with Crippen molar-refractivity contribution in [2.24, 2.45) is 11.8 Å². The van der Waals surface area contributed by atoms with E-state index in [1.165, 1.54) is 25.0 Å². The summed E-state index contributed by atoms with van der Waals surface area (Å²) in [5, 5.41) is 12.5. The number of aliphatic hydroxyl groups is 1. The highest BCUT2D eigenvalue weighted by atomic mass is 19.1. The average molecular weight is 307 g/mol. The van der Waals surface area contributed by atoms with E-state index < -0.39 is 6.10 Å². The molecule has 2 fully saturated rings. The van der Waals surface area contributed by atoms with Gasteiger partial charge in [-0.3, -0.25) is 4.79 Å². The smallest absolute Gasteiger partial charge is 0.223 e. The van der Waals surface area contributed by atoms with Crippen molar-refractivity contribution in [1.29, 1.82) is 0 Å². The van der Waals surface area contributed by atoms with E-state index in [4.69, 9.17) is 4.74 Å². The summed E-state index contributed by atoms with van der Waals surface area (Å²) < 4.78 is 18.3. The molecule has 2 aliphatic carbocycles. The molecule has 0 heterocycles. The molecular weight excluding hydrogens is 285 g/mol. The van der Waals surface area contributed by atoms with Gasteiger partial charge in [-0.2, -0.15) is 0 Å². The topological polar surface area (TPSA) is 58.6 Å². The number of benzene rings is 1. The van der Waals surface area contributed by atoms with Gasteiger partial charge in [-0.25, -0.2) is 4.39 Å². The van der Waals surface area contributed by atoms with Crippen molar-refractivity contribution in [3.8, 4) is 0 Å². The molecule has 2 saturated carbocycles. The van der Waals surface area contributed by atoms with Crippen LogP contribution in [0.4, 0.5) is 4.39 Å². The molecule has 2 N–H and O–H groups in total. The minimum absolute atomic E-state index is 0.0458. The molecule has 0 spiro atoms. The molecule has 3 rings (SSSR count). The number of hydrogen-bond donors (Lipinski definition) is 2. The lowest BCUT2D eigenvalue weighted by molar-refractivity contribution is -0.123. The van der Waals surface area contributed by atoms with Gasteiger partial charge in [0.05, 0.1) is 12.7 Å². The summed E-state index contributed by atoms with van der Waals surface area (Å²) in [5.74, 6) is 0.467. The van der Waals surface area contributed by atoms with Crippen LogP contribution in [0, 0.1) is 17.7 Å². The summed E-state index contributed by atoms with van der Waals surface area (Å²) in [5.41, 5.74) is 0.995. The van der Waals surface area contributed by atoms with Crippen molar-refractivity contribution < 1.29 is 19.0 Å². The first-order valence-electron chi connectivity index (χ1n) is 7.92. The van der Waals surface area contributed by atoms with Crippen molar-refractivity contribution >= 4 is 5.91 Å². The Bertz CT molecular complexity index is 515. The van der Waals surface area contributed by atoms with Crippen molar-refractivity contribution in [3.05, 3.63) is 35.6 Å². The molecular formula is C17H22FNO3. The Morgan fingerprint density at radius 3 is 2.77 bits per heavy atom. The van der Waals surface area contributed by atoms with E-state index in [0.717, 1.165) is 12.0 Å². The zero-order valence-electron chi connectivity index (χ0n) is 12.5. The predicted octanol–water partition coefficient (Wildman–Crippen LogP) is 1.83. The van der Waals surface area contributed by atoms with Crippen molar-refractivity contribution in [3.63, 3.8) is 0 Å². The largest absolute Gasteiger partial charge is 0.389 e. The molecule has 4 nitrogen and oxygen atoms in total. The molecule has 0 unspecified atom stereocenters. The predicted molar refractivity (Wildman–Crippen MR) is 79.8 cm³/mol. The lowest BCUT2D eigenvalue weighted by Gasteiger charge is -2.12. The fourth-order valence-electron chi connectivity index (χ4n) is 2.63. The highest BCUT2D eigenvalue weighted by Crippen LogP contribution is 2.47. The van der Waals surface area contributed by atoms with Crippen LogP contribution in [-0.4, -0.2) is 36.9 Å². The Labute approximate surface area is 129 Å². The highest BCUT2D eigenvalue weighted by molar-refractivity contribution is 5.82. The van der Waals surface area contributed by atoms with Crippen LogP contribution in [0.5, 0.6) is 0 Å². The average Bonchev–Trinajstić information content (AvgIpc) is 3.39. The molecule has 0 aliphatic heterocycles. The van der Waals surface area contributed by atoms with Gasteiger partial charge < -0.3 is 15.2 Å². The van der Waals surface area contributed by atoms with Crippen molar-refractivity contribution in [2.45, 2.75) is 31.3 Å². The Morgan fingerprint density at radius 2 is 2.09 bits per heavy atom. The van der Waals surface area contributed by atoms with Crippen LogP contribution in [0.2, 0.25) is 0 Å². The van der Waals surface area contributed by atoms with Gasteiger partial charge in [0, 0.05) is 19.1 Å². The molecule has 120 valence electrons. The molecule has 22 heavy (non-hydrogen) atoms. The van der Waals surface area contributed by atoms with Crippen molar-refractivity contribution in [2.75, 3.05) is 19.8 Å². The normalized spacial score (nSPS) is 24.8. The first-order valence-corrected chi connectivity index (χ1v) is 7.92. The second-order valence-electron chi connectivity index (χ2n) is 6.38. The van der Waals surface area contributed by atoms with Crippen LogP contribution >= 0.6 is 0 Å². The lowest BCUT2D eigenvalue weighted by atomic mass is 10.1. The molecule has 0 aromatic heterocycles. The SMILES string of the molecule is O=C(NC[C@H](O)COCC1CC1)[C@@H]1C[C@@H]1c1ccc(F)cc1. The molecule has 0 radical (unpaired) electrons. The first-order chi connectivity index (χ1) is 10.6. The molecule has 5 heteroatoms. The van der Waals surface area contributed by atoms with Crippen molar-refractivity contribution in [1.82, 2.24) is 5.32 Å². The number of carbonyl (C=O) groups excluding carboxylic acids is 1. The summed E-state index contributed by atoms with van der Waals surface area (Å²) in [7, 11) is 0. The second-order valence-corrected chi connectivity index (χ2v) is 6.38. The number of amides is 1. The monoisotopic (exact) mass is 307 g/mol. The van der Waals surface area contributed by atoms with E-state index >= 15 is 0 Å². The van der Waals surface area contributed by atoms with E-state index in [-0.39, 0.29) is 36.7 Å². The number of ether oxygens (including phenoxy) is 1. The van der Waals surface area contributed by atoms with Gasteiger partial charge in [0.2, 0.25) is 5.91 Å². The maximum absolute atomic E-state index is 12.9. The van der Waals surface area contributed by atoms with E-state index in [1.807, 2.05) is 0 Å². The summed E-state index contributed by atoms with van der Waals surface area (Å²) >= 11 is 0. The summed E-state index contributed by atoms with van der Waals surface area (Å²) in [6.07, 6.45) is 2.57. The minimum Gasteiger partial charge on any atom is -0.389 e. The molecule has 0 saturated heterocycles. The Hall–Kier alpha value is -1.46. The third-order valence-corrected chi connectivity index (χ3v) is 4.30. The van der Waals surface area contributed by atoms with Gasteiger partial charge in [0.15, 0.2) is 0 Å². The number of nitrogens with one attached hydrogen (secondary N) is 1. The highest BCUT2D eigenvalue weighted by Gasteiger charge is 2.43. The summed E-state index contributed by atoms with van der Waals surface area (Å²) in [6.45, 7) is 1.19. The molecule has 1 amide bonds. The fourth-order valence-corrected chi connectivity index (χ4v) is 2.63. The minimum atomic E-state index is -0.661. The molecule has 3 atom stereocenters. The second kappa shape index (κ2) is 6.75. The van der Waals surface area contributed by atoms with Gasteiger partial charge in [-0.1, -0.05) is 12.1 Å². The molecule has 0 bridgehead atoms. The number of rotatable bonds is 8. The van der Waals surface area contributed by atoms with Crippen LogP contribution in [0.15, 0.2) is 24.3 Å². The van der Waals surface area contributed by atoms with Crippen LogP contribution < -0.4 is 5.32 Å². The number of carbonyl (C=O) groups is 1.